The summed E-state index contributed by atoms with van der Waals surface area (Å²) in [5.41, 5.74) is 0. The maximum Gasteiger partial charge on any atom is 0.222 e. The SMILES string of the molecule is N#CCCN1CC(CS(N)(=O)=O)CC1=O. The van der Waals surface area contributed by atoms with E-state index in [0.717, 1.165) is 0 Å². The van der Waals surface area contributed by atoms with Gasteiger partial charge in [0.2, 0.25) is 15.9 Å². The van der Waals surface area contributed by atoms with Gasteiger partial charge in [-0.05, 0) is 0 Å². The molecule has 84 valence electrons. The van der Waals surface area contributed by atoms with Gasteiger partial charge in [-0.2, -0.15) is 5.26 Å². The van der Waals surface area contributed by atoms with Gasteiger partial charge in [0.1, 0.15) is 0 Å². The number of carbonyl (C=O) groups is 1. The number of likely N-dealkylation sites (tertiary alicyclic amines) is 1. The lowest BCUT2D eigenvalue weighted by atomic mass is 10.1. The lowest BCUT2D eigenvalue weighted by molar-refractivity contribution is -0.127. The Bertz CT molecular complexity index is 384. The molecule has 2 N–H and O–H groups in total. The molecular formula is C8H13N3O3S. The van der Waals surface area contributed by atoms with Crippen LogP contribution in [0.25, 0.3) is 0 Å². The molecule has 1 fully saturated rings. The number of primary sulfonamides is 1. The minimum absolute atomic E-state index is 0.0982. The molecule has 1 saturated heterocycles. The maximum atomic E-state index is 11.4. The summed E-state index contributed by atoms with van der Waals surface area (Å²) in [5, 5.41) is 13.3. The second-order valence-corrected chi connectivity index (χ2v) is 5.31. The molecule has 1 unspecified atom stereocenters. The first kappa shape index (κ1) is 11.9. The Kier molecular flexibility index (Phi) is 3.66. The van der Waals surface area contributed by atoms with E-state index in [-0.39, 0.29) is 30.4 Å². The molecule has 1 aliphatic heterocycles. The van der Waals surface area contributed by atoms with Crippen molar-refractivity contribution in [1.82, 2.24) is 4.90 Å². The zero-order valence-electron chi connectivity index (χ0n) is 8.22. The van der Waals surface area contributed by atoms with Crippen LogP contribution in [0.1, 0.15) is 12.8 Å². The summed E-state index contributed by atoms with van der Waals surface area (Å²) >= 11 is 0. The van der Waals surface area contributed by atoms with Crippen LogP contribution in [0.15, 0.2) is 0 Å². The Morgan fingerprint density at radius 3 is 2.80 bits per heavy atom. The van der Waals surface area contributed by atoms with Gasteiger partial charge in [0.25, 0.3) is 0 Å². The van der Waals surface area contributed by atoms with E-state index in [2.05, 4.69) is 0 Å². The monoisotopic (exact) mass is 231 g/mol. The van der Waals surface area contributed by atoms with Gasteiger partial charge in [0.15, 0.2) is 0 Å². The lowest BCUT2D eigenvalue weighted by Crippen LogP contribution is -2.28. The van der Waals surface area contributed by atoms with Crippen LogP contribution < -0.4 is 5.14 Å². The van der Waals surface area contributed by atoms with Crippen LogP contribution in [0.3, 0.4) is 0 Å². The van der Waals surface area contributed by atoms with Gasteiger partial charge in [0, 0.05) is 25.4 Å². The molecular weight excluding hydrogens is 218 g/mol. The lowest BCUT2D eigenvalue weighted by Gasteiger charge is -2.13. The van der Waals surface area contributed by atoms with E-state index >= 15 is 0 Å². The third kappa shape index (κ3) is 3.85. The highest BCUT2D eigenvalue weighted by molar-refractivity contribution is 7.89. The number of nitriles is 1. The minimum Gasteiger partial charge on any atom is -0.341 e. The molecule has 0 aliphatic carbocycles. The van der Waals surface area contributed by atoms with Crippen LogP contribution in [0.5, 0.6) is 0 Å². The highest BCUT2D eigenvalue weighted by Gasteiger charge is 2.31. The summed E-state index contributed by atoms with van der Waals surface area (Å²) in [6, 6.07) is 1.94. The summed E-state index contributed by atoms with van der Waals surface area (Å²) in [6.45, 7) is 0.757. The summed E-state index contributed by atoms with van der Waals surface area (Å²) in [6.07, 6.45) is 0.482. The summed E-state index contributed by atoms with van der Waals surface area (Å²) in [4.78, 5) is 12.9. The molecule has 0 aromatic carbocycles. The zero-order valence-corrected chi connectivity index (χ0v) is 9.03. The van der Waals surface area contributed by atoms with Gasteiger partial charge < -0.3 is 4.90 Å². The molecule has 15 heavy (non-hydrogen) atoms. The van der Waals surface area contributed by atoms with Gasteiger partial charge in [0.05, 0.1) is 18.2 Å². The third-order valence-corrected chi connectivity index (χ3v) is 3.19. The molecule has 0 saturated carbocycles. The number of nitrogens with two attached hydrogens (primary N) is 1. The van der Waals surface area contributed by atoms with Crippen LogP contribution in [-0.4, -0.2) is 38.1 Å². The molecule has 7 heteroatoms. The summed E-state index contributed by atoms with van der Waals surface area (Å²) in [7, 11) is -3.52. The van der Waals surface area contributed by atoms with Crippen LogP contribution in [0.4, 0.5) is 0 Å². The predicted molar refractivity (Wildman–Crippen MR) is 52.9 cm³/mol. The highest BCUT2D eigenvalue weighted by Crippen LogP contribution is 2.18. The largest absolute Gasteiger partial charge is 0.341 e. The van der Waals surface area contributed by atoms with Gasteiger partial charge >= 0.3 is 0 Å². The first-order valence-corrected chi connectivity index (χ1v) is 6.29. The molecule has 1 atom stereocenters. The molecule has 1 amide bonds. The molecule has 1 aliphatic rings. The van der Waals surface area contributed by atoms with Crippen LogP contribution in [0, 0.1) is 17.2 Å². The normalized spacial score (nSPS) is 21.7. The average molecular weight is 231 g/mol. The van der Waals surface area contributed by atoms with Crippen molar-refractivity contribution in [3.05, 3.63) is 0 Å². The molecule has 1 heterocycles. The van der Waals surface area contributed by atoms with E-state index in [1.807, 2.05) is 6.07 Å². The van der Waals surface area contributed by atoms with E-state index in [9.17, 15) is 13.2 Å². The molecule has 0 bridgehead atoms. The molecule has 0 aromatic rings. The first-order chi connectivity index (χ1) is 6.92. The first-order valence-electron chi connectivity index (χ1n) is 4.57. The highest BCUT2D eigenvalue weighted by atomic mass is 32.2. The number of rotatable bonds is 4. The average Bonchev–Trinajstić information content (AvgIpc) is 2.39. The van der Waals surface area contributed by atoms with E-state index in [0.29, 0.717) is 13.1 Å². The number of hydrogen-bond acceptors (Lipinski definition) is 4. The van der Waals surface area contributed by atoms with Crippen LogP contribution in [0.2, 0.25) is 0 Å². The van der Waals surface area contributed by atoms with Crippen molar-refractivity contribution in [2.75, 3.05) is 18.8 Å². The van der Waals surface area contributed by atoms with Crippen molar-refractivity contribution >= 4 is 15.9 Å². The Hall–Kier alpha value is -1.13. The van der Waals surface area contributed by atoms with E-state index in [1.54, 1.807) is 0 Å². The van der Waals surface area contributed by atoms with E-state index in [4.69, 9.17) is 10.4 Å². The number of nitrogens with zero attached hydrogens (tertiary/aromatic N) is 2. The minimum atomic E-state index is -3.52. The third-order valence-electron chi connectivity index (χ3n) is 2.26. The fourth-order valence-electron chi connectivity index (χ4n) is 1.70. The van der Waals surface area contributed by atoms with Gasteiger partial charge in [-0.3, -0.25) is 4.79 Å². The predicted octanol–water partition coefficient (Wildman–Crippen LogP) is -0.963. The van der Waals surface area contributed by atoms with Crippen molar-refractivity contribution in [3.63, 3.8) is 0 Å². The molecule has 1 rings (SSSR count). The fourth-order valence-corrected chi connectivity index (χ4v) is 2.58. The number of sulfonamides is 1. The number of hydrogen-bond donors (Lipinski definition) is 1. The van der Waals surface area contributed by atoms with Gasteiger partial charge in [-0.1, -0.05) is 0 Å². The zero-order chi connectivity index (χ0) is 11.5. The van der Waals surface area contributed by atoms with Crippen molar-refractivity contribution < 1.29 is 13.2 Å². The Balaban J connectivity index is 2.49. The number of amides is 1. The Morgan fingerprint density at radius 2 is 2.27 bits per heavy atom. The number of carbonyl (C=O) groups excluding carboxylic acids is 1. The topological polar surface area (TPSA) is 104 Å². The van der Waals surface area contributed by atoms with E-state index < -0.39 is 10.0 Å². The van der Waals surface area contributed by atoms with Crippen molar-refractivity contribution in [2.45, 2.75) is 12.8 Å². The van der Waals surface area contributed by atoms with Gasteiger partial charge in [-0.25, -0.2) is 13.6 Å². The quantitative estimate of drug-likeness (QED) is 0.672. The van der Waals surface area contributed by atoms with Crippen molar-refractivity contribution in [1.29, 1.82) is 5.26 Å². The van der Waals surface area contributed by atoms with Crippen LogP contribution in [-0.2, 0) is 14.8 Å². The van der Waals surface area contributed by atoms with Gasteiger partial charge in [-0.15, -0.1) is 0 Å². The molecule has 0 aromatic heterocycles. The standard InChI is InChI=1S/C8H13N3O3S/c9-2-1-3-11-5-7(4-8(11)12)6-15(10,13)14/h7H,1,3-6H2,(H2,10,13,14). The van der Waals surface area contributed by atoms with Crippen LogP contribution >= 0.6 is 0 Å². The molecule has 0 spiro atoms. The Labute approximate surface area is 88.7 Å². The smallest absolute Gasteiger partial charge is 0.222 e. The van der Waals surface area contributed by atoms with Crippen molar-refractivity contribution in [2.24, 2.45) is 11.1 Å². The van der Waals surface area contributed by atoms with E-state index in [1.165, 1.54) is 4.90 Å². The summed E-state index contributed by atoms with van der Waals surface area (Å²) in [5.74, 6) is -0.494. The Morgan fingerprint density at radius 1 is 1.60 bits per heavy atom. The van der Waals surface area contributed by atoms with Crippen molar-refractivity contribution in [3.8, 4) is 6.07 Å². The second-order valence-electron chi connectivity index (χ2n) is 3.65. The maximum absolute atomic E-state index is 11.4. The summed E-state index contributed by atoms with van der Waals surface area (Å²) < 4.78 is 21.6. The molecule has 0 radical (unpaired) electrons. The fraction of sp³-hybridized carbons (Fsp3) is 0.750. The molecule has 6 nitrogen and oxygen atoms in total. The second kappa shape index (κ2) is 4.59.